The van der Waals surface area contributed by atoms with Gasteiger partial charge < -0.3 is 10.1 Å². The molecule has 3 rings (SSSR count). The molecule has 0 saturated carbocycles. The van der Waals surface area contributed by atoms with Crippen LogP contribution < -0.4 is 10.1 Å². The number of anilines is 1. The van der Waals surface area contributed by atoms with Gasteiger partial charge in [0.2, 0.25) is 10.0 Å². The lowest BCUT2D eigenvalue weighted by molar-refractivity contribution is 0.102. The second-order valence-corrected chi connectivity index (χ2v) is 10.1. The van der Waals surface area contributed by atoms with Crippen molar-refractivity contribution in [3.8, 4) is 5.75 Å². The molecule has 1 aliphatic rings. The molecule has 1 aromatic heterocycles. The van der Waals surface area contributed by atoms with Gasteiger partial charge in [-0.15, -0.1) is 11.3 Å². The number of amides is 1. The lowest BCUT2D eigenvalue weighted by Gasteiger charge is -2.19. The van der Waals surface area contributed by atoms with E-state index in [2.05, 4.69) is 12.2 Å². The summed E-state index contributed by atoms with van der Waals surface area (Å²) in [6.07, 6.45) is 2.98. The van der Waals surface area contributed by atoms with Gasteiger partial charge in [0.25, 0.3) is 5.91 Å². The van der Waals surface area contributed by atoms with Crippen LogP contribution in [-0.4, -0.2) is 39.8 Å². The highest BCUT2D eigenvalue weighted by Crippen LogP contribution is 2.34. The molecule has 146 valence electrons. The van der Waals surface area contributed by atoms with Crippen molar-refractivity contribution >= 4 is 33.0 Å². The van der Waals surface area contributed by atoms with Gasteiger partial charge in [0, 0.05) is 24.4 Å². The van der Waals surface area contributed by atoms with Crippen molar-refractivity contribution in [2.75, 3.05) is 26.5 Å². The number of nitrogens with one attached hydrogen (secondary N) is 1. The first-order valence-electron chi connectivity index (χ1n) is 8.75. The third-order valence-corrected chi connectivity index (χ3v) is 7.71. The van der Waals surface area contributed by atoms with Crippen molar-refractivity contribution < 1.29 is 17.9 Å². The molecule has 0 fully saturated rings. The van der Waals surface area contributed by atoms with E-state index in [4.69, 9.17) is 4.74 Å². The largest absolute Gasteiger partial charge is 0.495 e. The summed E-state index contributed by atoms with van der Waals surface area (Å²) in [7, 11) is 0.817. The Morgan fingerprint density at radius 1 is 1.33 bits per heavy atom. The number of methoxy groups -OCH3 is 1. The minimum Gasteiger partial charge on any atom is -0.495 e. The minimum atomic E-state index is -3.61. The normalized spacial score (nSPS) is 16.9. The molecule has 1 atom stereocenters. The number of hydrogen-bond donors (Lipinski definition) is 1. The van der Waals surface area contributed by atoms with Crippen LogP contribution in [0.4, 0.5) is 5.69 Å². The van der Waals surface area contributed by atoms with E-state index in [1.165, 1.54) is 38.2 Å². The van der Waals surface area contributed by atoms with Gasteiger partial charge in [-0.25, -0.2) is 12.7 Å². The highest BCUT2D eigenvalue weighted by atomic mass is 32.2. The molecule has 0 saturated heterocycles. The molecule has 1 aliphatic carbocycles. The summed E-state index contributed by atoms with van der Waals surface area (Å²) in [5.41, 5.74) is 2.13. The molecule has 27 heavy (non-hydrogen) atoms. The second kappa shape index (κ2) is 7.61. The van der Waals surface area contributed by atoms with Gasteiger partial charge in [0.05, 0.1) is 23.3 Å². The Hall–Kier alpha value is -1.90. The lowest BCUT2D eigenvalue weighted by atomic mass is 9.88. The van der Waals surface area contributed by atoms with Gasteiger partial charge in [-0.3, -0.25) is 4.79 Å². The summed E-state index contributed by atoms with van der Waals surface area (Å²) < 4.78 is 31.2. The number of sulfonamides is 1. The second-order valence-electron chi connectivity index (χ2n) is 7.00. The van der Waals surface area contributed by atoms with Crippen LogP contribution >= 0.6 is 11.3 Å². The van der Waals surface area contributed by atoms with Crippen LogP contribution in [0.1, 0.15) is 34.1 Å². The van der Waals surface area contributed by atoms with Crippen LogP contribution in [0.3, 0.4) is 0 Å². The van der Waals surface area contributed by atoms with Crippen LogP contribution in [0.5, 0.6) is 5.75 Å². The first-order chi connectivity index (χ1) is 12.7. The molecule has 1 N–H and O–H groups in total. The van der Waals surface area contributed by atoms with Crippen LogP contribution in [0.2, 0.25) is 0 Å². The zero-order valence-corrected chi connectivity index (χ0v) is 17.5. The maximum absolute atomic E-state index is 12.9. The van der Waals surface area contributed by atoms with Crippen molar-refractivity contribution in [2.24, 2.45) is 5.92 Å². The van der Waals surface area contributed by atoms with Crippen LogP contribution in [0.25, 0.3) is 0 Å². The fourth-order valence-corrected chi connectivity index (χ4v) is 5.39. The molecule has 1 aromatic carbocycles. The Kier molecular flexibility index (Phi) is 5.60. The highest BCUT2D eigenvalue weighted by molar-refractivity contribution is 7.89. The average Bonchev–Trinajstić information content (AvgIpc) is 3.04. The number of carbonyl (C=O) groups is 1. The predicted octanol–water partition coefficient (Wildman–Crippen LogP) is 3.38. The summed E-state index contributed by atoms with van der Waals surface area (Å²) in [6.45, 7) is 2.23. The Morgan fingerprint density at radius 2 is 2.07 bits per heavy atom. The van der Waals surface area contributed by atoms with E-state index >= 15 is 0 Å². The lowest BCUT2D eigenvalue weighted by Crippen LogP contribution is -2.22. The standard InChI is InChI=1S/C19H24N2O4S2/c1-12-5-7-14-15(11-26-18(14)9-12)19(22)20-16-10-13(6-8-17(16)25-4)27(23,24)21(2)3/h6,8,10-12H,5,7,9H2,1-4H3,(H,20,22). The van der Waals surface area contributed by atoms with Crippen molar-refractivity contribution in [3.63, 3.8) is 0 Å². The molecule has 0 spiro atoms. The summed E-state index contributed by atoms with van der Waals surface area (Å²) in [5.74, 6) is 0.818. The van der Waals surface area contributed by atoms with Crippen molar-refractivity contribution in [2.45, 2.75) is 31.1 Å². The van der Waals surface area contributed by atoms with Crippen molar-refractivity contribution in [3.05, 3.63) is 39.6 Å². The fourth-order valence-electron chi connectivity index (χ4n) is 3.21. The van der Waals surface area contributed by atoms with Gasteiger partial charge in [-0.2, -0.15) is 0 Å². The summed E-state index contributed by atoms with van der Waals surface area (Å²) in [5, 5.41) is 4.73. The van der Waals surface area contributed by atoms with Crippen molar-refractivity contribution in [1.29, 1.82) is 0 Å². The monoisotopic (exact) mass is 408 g/mol. The number of hydrogen-bond acceptors (Lipinski definition) is 5. The number of thiophene rings is 1. The molecule has 1 heterocycles. The van der Waals surface area contributed by atoms with E-state index < -0.39 is 10.0 Å². The average molecular weight is 409 g/mol. The third-order valence-electron chi connectivity index (χ3n) is 4.84. The molecule has 8 heteroatoms. The Balaban J connectivity index is 1.92. The SMILES string of the molecule is COc1ccc(S(=O)(=O)N(C)C)cc1NC(=O)c1csc2c1CCC(C)C2. The number of fused-ring (bicyclic) bond motifs is 1. The first kappa shape index (κ1) is 19.9. The number of rotatable bonds is 5. The number of carbonyl (C=O) groups excluding carboxylic acids is 1. The first-order valence-corrected chi connectivity index (χ1v) is 11.1. The summed E-state index contributed by atoms with van der Waals surface area (Å²) in [4.78, 5) is 14.2. The highest BCUT2D eigenvalue weighted by Gasteiger charge is 2.25. The molecule has 0 aliphatic heterocycles. The van der Waals surface area contributed by atoms with E-state index in [0.717, 1.165) is 29.1 Å². The number of benzene rings is 1. The van der Waals surface area contributed by atoms with E-state index in [9.17, 15) is 13.2 Å². The zero-order chi connectivity index (χ0) is 19.8. The van der Waals surface area contributed by atoms with Crippen LogP contribution in [0, 0.1) is 5.92 Å². The van der Waals surface area contributed by atoms with Crippen LogP contribution in [0.15, 0.2) is 28.5 Å². The Bertz CT molecular complexity index is 964. The maximum Gasteiger partial charge on any atom is 0.256 e. The van der Waals surface area contributed by atoms with Crippen molar-refractivity contribution in [1.82, 2.24) is 4.31 Å². The molecular formula is C19H24N2O4S2. The molecule has 0 radical (unpaired) electrons. The molecule has 1 amide bonds. The molecule has 6 nitrogen and oxygen atoms in total. The predicted molar refractivity (Wildman–Crippen MR) is 107 cm³/mol. The van der Waals surface area contributed by atoms with Gasteiger partial charge >= 0.3 is 0 Å². The number of nitrogens with zero attached hydrogens (tertiary/aromatic N) is 1. The Labute approximate surface area is 164 Å². The molecule has 1 unspecified atom stereocenters. The van der Waals surface area contributed by atoms with Crippen LogP contribution in [-0.2, 0) is 22.9 Å². The van der Waals surface area contributed by atoms with E-state index in [1.54, 1.807) is 17.4 Å². The summed E-state index contributed by atoms with van der Waals surface area (Å²) >= 11 is 1.62. The molecule has 2 aromatic rings. The summed E-state index contributed by atoms with van der Waals surface area (Å²) in [6, 6.07) is 4.46. The smallest absolute Gasteiger partial charge is 0.256 e. The fraction of sp³-hybridized carbons (Fsp3) is 0.421. The minimum absolute atomic E-state index is 0.102. The van der Waals surface area contributed by atoms with Gasteiger partial charge in [0.15, 0.2) is 0 Å². The van der Waals surface area contributed by atoms with E-state index in [0.29, 0.717) is 22.9 Å². The van der Waals surface area contributed by atoms with Gasteiger partial charge in [0.1, 0.15) is 5.75 Å². The van der Waals surface area contributed by atoms with E-state index in [-0.39, 0.29) is 10.8 Å². The van der Waals surface area contributed by atoms with E-state index in [1.807, 2.05) is 5.38 Å². The Morgan fingerprint density at radius 3 is 2.74 bits per heavy atom. The van der Waals surface area contributed by atoms with Gasteiger partial charge in [-0.1, -0.05) is 6.92 Å². The maximum atomic E-state index is 12.9. The molecular weight excluding hydrogens is 384 g/mol. The topological polar surface area (TPSA) is 75.7 Å². The third kappa shape index (κ3) is 3.88. The van der Waals surface area contributed by atoms with Gasteiger partial charge in [-0.05, 0) is 48.9 Å². The number of ether oxygens (including phenoxy) is 1. The zero-order valence-electron chi connectivity index (χ0n) is 15.9. The quantitative estimate of drug-likeness (QED) is 0.823. The molecule has 0 bridgehead atoms.